The molecule has 4 aromatic carbocycles. The Kier molecular flexibility index (Phi) is 6.14. The van der Waals surface area contributed by atoms with Crippen molar-refractivity contribution in [1.82, 2.24) is 4.90 Å². The summed E-state index contributed by atoms with van der Waals surface area (Å²) in [7, 11) is 0. The molecule has 1 saturated heterocycles. The second kappa shape index (κ2) is 9.53. The van der Waals surface area contributed by atoms with Gasteiger partial charge in [-0.15, -0.1) is 0 Å². The number of fused-ring (bicyclic) bond motifs is 1. The third kappa shape index (κ3) is 4.58. The number of hydrogen-bond donors (Lipinski definition) is 0. The summed E-state index contributed by atoms with van der Waals surface area (Å²) in [6.07, 6.45) is 1.65. The molecule has 6 heteroatoms. The minimum absolute atomic E-state index is 0.102. The number of nitrogens with zero attached hydrogens (tertiary/aromatic N) is 1. The standard InChI is InChI=1S/C28H20FNO3S/c29-24-11-5-3-10-23(24)17-30-27(31)26(34-28(30)32)16-22-9-4-6-12-25(22)33-18-19-13-14-20-7-1-2-8-21(20)15-19/h1-16H,17-18H2/b26-16-. The Labute approximate surface area is 200 Å². The fourth-order valence-corrected chi connectivity index (χ4v) is 4.62. The molecule has 0 bridgehead atoms. The van der Waals surface area contributed by atoms with Crippen molar-refractivity contribution in [2.24, 2.45) is 0 Å². The summed E-state index contributed by atoms with van der Waals surface area (Å²) in [5.41, 5.74) is 2.02. The number of imide groups is 1. The van der Waals surface area contributed by atoms with Crippen LogP contribution < -0.4 is 4.74 Å². The van der Waals surface area contributed by atoms with Crippen molar-refractivity contribution in [1.29, 1.82) is 0 Å². The predicted octanol–water partition coefficient (Wildman–Crippen LogP) is 6.79. The fourth-order valence-electron chi connectivity index (χ4n) is 3.80. The van der Waals surface area contributed by atoms with Crippen molar-refractivity contribution in [3.8, 4) is 5.75 Å². The van der Waals surface area contributed by atoms with E-state index < -0.39 is 17.0 Å². The van der Waals surface area contributed by atoms with Gasteiger partial charge in [0.15, 0.2) is 0 Å². The predicted molar refractivity (Wildman–Crippen MR) is 133 cm³/mol. The molecule has 1 aliphatic heterocycles. The van der Waals surface area contributed by atoms with Gasteiger partial charge in [-0.3, -0.25) is 14.5 Å². The van der Waals surface area contributed by atoms with Crippen LogP contribution in [0.15, 0.2) is 95.9 Å². The third-order valence-electron chi connectivity index (χ3n) is 5.57. The first-order valence-electron chi connectivity index (χ1n) is 10.8. The van der Waals surface area contributed by atoms with Crippen LogP contribution in [0.3, 0.4) is 0 Å². The molecule has 0 atom stereocenters. The summed E-state index contributed by atoms with van der Waals surface area (Å²) in [5.74, 6) is -0.280. The molecule has 0 N–H and O–H groups in total. The van der Waals surface area contributed by atoms with Crippen molar-refractivity contribution in [2.45, 2.75) is 13.2 Å². The smallest absolute Gasteiger partial charge is 0.293 e. The Morgan fingerprint density at radius 3 is 2.44 bits per heavy atom. The Hall–Kier alpha value is -3.90. The second-order valence-electron chi connectivity index (χ2n) is 7.87. The van der Waals surface area contributed by atoms with E-state index in [0.717, 1.165) is 33.0 Å². The quantitative estimate of drug-likeness (QED) is 0.292. The number of halogens is 1. The highest BCUT2D eigenvalue weighted by Crippen LogP contribution is 2.35. The minimum atomic E-state index is -0.446. The Morgan fingerprint density at radius 1 is 0.853 bits per heavy atom. The molecule has 0 aromatic heterocycles. The van der Waals surface area contributed by atoms with Crippen LogP contribution >= 0.6 is 11.8 Å². The lowest BCUT2D eigenvalue weighted by Gasteiger charge is -2.13. The SMILES string of the molecule is O=C1S/C(=C\c2ccccc2OCc2ccc3ccccc3c2)C(=O)N1Cc1ccccc1F. The monoisotopic (exact) mass is 469 g/mol. The highest BCUT2D eigenvalue weighted by atomic mass is 32.2. The maximum Gasteiger partial charge on any atom is 0.293 e. The molecule has 5 rings (SSSR count). The van der Waals surface area contributed by atoms with Crippen molar-refractivity contribution < 1.29 is 18.7 Å². The van der Waals surface area contributed by atoms with Gasteiger partial charge in [-0.2, -0.15) is 0 Å². The maximum atomic E-state index is 14.0. The average Bonchev–Trinajstić information content (AvgIpc) is 3.12. The zero-order valence-electron chi connectivity index (χ0n) is 18.1. The minimum Gasteiger partial charge on any atom is -0.488 e. The summed E-state index contributed by atoms with van der Waals surface area (Å²) in [6, 6.07) is 27.8. The molecule has 1 fully saturated rings. The van der Waals surface area contributed by atoms with Gasteiger partial charge in [0.25, 0.3) is 11.1 Å². The fraction of sp³-hybridized carbons (Fsp3) is 0.0714. The number of para-hydroxylation sites is 1. The first kappa shape index (κ1) is 21.9. The van der Waals surface area contributed by atoms with Crippen molar-refractivity contribution in [2.75, 3.05) is 0 Å². The molecular formula is C28H20FNO3S. The Morgan fingerprint density at radius 2 is 1.59 bits per heavy atom. The summed E-state index contributed by atoms with van der Waals surface area (Å²) < 4.78 is 20.1. The zero-order valence-corrected chi connectivity index (χ0v) is 18.9. The summed E-state index contributed by atoms with van der Waals surface area (Å²) in [6.45, 7) is 0.263. The molecular weight excluding hydrogens is 449 g/mol. The average molecular weight is 470 g/mol. The van der Waals surface area contributed by atoms with E-state index in [0.29, 0.717) is 23.5 Å². The molecule has 0 saturated carbocycles. The van der Waals surface area contributed by atoms with Crippen LogP contribution in [0.4, 0.5) is 9.18 Å². The summed E-state index contributed by atoms with van der Waals surface area (Å²) in [5, 5.41) is 1.88. The Bertz CT molecular complexity index is 1430. The first-order valence-corrected chi connectivity index (χ1v) is 11.6. The van der Waals surface area contributed by atoms with Gasteiger partial charge in [0.2, 0.25) is 0 Å². The first-order chi connectivity index (χ1) is 16.6. The van der Waals surface area contributed by atoms with E-state index in [1.54, 1.807) is 24.3 Å². The van der Waals surface area contributed by atoms with Gasteiger partial charge < -0.3 is 4.74 Å². The number of rotatable bonds is 6. The molecule has 4 nitrogen and oxygen atoms in total. The van der Waals surface area contributed by atoms with Gasteiger partial charge in [0.05, 0.1) is 11.4 Å². The van der Waals surface area contributed by atoms with Crippen LogP contribution in [0.25, 0.3) is 16.8 Å². The number of amides is 2. The second-order valence-corrected chi connectivity index (χ2v) is 8.86. The molecule has 168 valence electrons. The van der Waals surface area contributed by atoms with Crippen LogP contribution in [0.2, 0.25) is 0 Å². The molecule has 4 aromatic rings. The number of ether oxygens (including phenoxy) is 1. The van der Waals surface area contributed by atoms with E-state index in [9.17, 15) is 14.0 Å². The van der Waals surface area contributed by atoms with E-state index in [1.807, 2.05) is 42.5 Å². The number of carbonyl (C=O) groups is 2. The van der Waals surface area contributed by atoms with Gasteiger partial charge in [-0.25, -0.2) is 4.39 Å². The molecule has 0 unspecified atom stereocenters. The highest BCUT2D eigenvalue weighted by molar-refractivity contribution is 8.18. The molecule has 1 aliphatic rings. The number of carbonyl (C=O) groups excluding carboxylic acids is 2. The molecule has 0 aliphatic carbocycles. The summed E-state index contributed by atoms with van der Waals surface area (Å²) >= 11 is 0.847. The Balaban J connectivity index is 1.34. The highest BCUT2D eigenvalue weighted by Gasteiger charge is 2.35. The maximum absolute atomic E-state index is 14.0. The lowest BCUT2D eigenvalue weighted by molar-refractivity contribution is -0.123. The molecule has 1 heterocycles. The molecule has 2 amide bonds. The van der Waals surface area contributed by atoms with Crippen molar-refractivity contribution in [3.05, 3.63) is 118 Å². The number of thioether (sulfide) groups is 1. The molecule has 0 radical (unpaired) electrons. The van der Waals surface area contributed by atoms with E-state index in [4.69, 9.17) is 4.74 Å². The topological polar surface area (TPSA) is 46.6 Å². The van der Waals surface area contributed by atoms with Gasteiger partial charge in [-0.1, -0.05) is 72.8 Å². The normalized spacial score (nSPS) is 14.9. The lowest BCUT2D eigenvalue weighted by Crippen LogP contribution is -2.27. The number of hydrogen-bond acceptors (Lipinski definition) is 4. The summed E-state index contributed by atoms with van der Waals surface area (Å²) in [4.78, 5) is 26.7. The molecule has 34 heavy (non-hydrogen) atoms. The van der Waals surface area contributed by atoms with E-state index in [2.05, 4.69) is 24.3 Å². The molecule has 0 spiro atoms. The van der Waals surface area contributed by atoms with E-state index in [-0.39, 0.29) is 11.4 Å². The van der Waals surface area contributed by atoms with E-state index >= 15 is 0 Å². The number of benzene rings is 4. The van der Waals surface area contributed by atoms with Gasteiger partial charge >= 0.3 is 0 Å². The lowest BCUT2D eigenvalue weighted by atomic mass is 10.1. The van der Waals surface area contributed by atoms with Gasteiger partial charge in [-0.05, 0) is 52.4 Å². The van der Waals surface area contributed by atoms with Crippen molar-refractivity contribution >= 4 is 39.8 Å². The van der Waals surface area contributed by atoms with Crippen LogP contribution in [0, 0.1) is 5.82 Å². The van der Waals surface area contributed by atoms with Crippen LogP contribution in [-0.4, -0.2) is 16.0 Å². The van der Waals surface area contributed by atoms with Crippen LogP contribution in [0.1, 0.15) is 16.7 Å². The van der Waals surface area contributed by atoms with Crippen molar-refractivity contribution in [3.63, 3.8) is 0 Å². The third-order valence-corrected chi connectivity index (χ3v) is 6.48. The van der Waals surface area contributed by atoms with Crippen LogP contribution in [-0.2, 0) is 17.9 Å². The zero-order chi connectivity index (χ0) is 23.5. The van der Waals surface area contributed by atoms with Crippen LogP contribution in [0.5, 0.6) is 5.75 Å². The van der Waals surface area contributed by atoms with Gasteiger partial charge in [0.1, 0.15) is 18.2 Å². The van der Waals surface area contributed by atoms with Gasteiger partial charge in [0, 0.05) is 11.1 Å². The van der Waals surface area contributed by atoms with E-state index in [1.165, 1.54) is 6.07 Å². The largest absolute Gasteiger partial charge is 0.488 e.